The average Bonchev–Trinajstić information content (AvgIpc) is 2.84. The number of nitrogens with one attached hydrogen (secondary N) is 1. The van der Waals surface area contributed by atoms with Crippen molar-refractivity contribution in [3.8, 4) is 0 Å². The predicted octanol–water partition coefficient (Wildman–Crippen LogP) is 0.246. The quantitative estimate of drug-likeness (QED) is 0.805. The summed E-state index contributed by atoms with van der Waals surface area (Å²) in [6.07, 6.45) is 2.16. The number of aryl methyl sites for hydroxylation is 1. The van der Waals surface area contributed by atoms with Gasteiger partial charge < -0.3 is 11.1 Å². The van der Waals surface area contributed by atoms with Crippen molar-refractivity contribution in [2.75, 3.05) is 6.54 Å². The molecular formula is C13H17N5O. The summed E-state index contributed by atoms with van der Waals surface area (Å²) in [6, 6.07) is 7.27. The number of carbonyl (C=O) groups excluding carboxylic acids is 1. The van der Waals surface area contributed by atoms with Crippen LogP contribution in [0.1, 0.15) is 21.7 Å². The highest BCUT2D eigenvalue weighted by atomic mass is 16.1. The highest BCUT2D eigenvalue weighted by Crippen LogP contribution is 2.03. The van der Waals surface area contributed by atoms with Gasteiger partial charge in [0, 0.05) is 32.1 Å². The molecule has 6 nitrogen and oxygen atoms in total. The van der Waals surface area contributed by atoms with Crippen LogP contribution in [0.25, 0.3) is 0 Å². The van der Waals surface area contributed by atoms with Gasteiger partial charge in [-0.1, -0.05) is 12.1 Å². The van der Waals surface area contributed by atoms with Gasteiger partial charge in [0.15, 0.2) is 0 Å². The normalized spacial score (nSPS) is 10.4. The van der Waals surface area contributed by atoms with Crippen LogP contribution >= 0.6 is 0 Å². The molecule has 3 N–H and O–H groups in total. The number of aromatic nitrogens is 3. The van der Waals surface area contributed by atoms with Crippen molar-refractivity contribution in [2.24, 2.45) is 12.8 Å². The fourth-order valence-electron chi connectivity index (χ4n) is 1.73. The molecule has 0 saturated heterocycles. The molecule has 100 valence electrons. The van der Waals surface area contributed by atoms with Gasteiger partial charge in [-0.2, -0.15) is 5.10 Å². The molecule has 2 aromatic rings. The maximum atomic E-state index is 11.9. The smallest absolute Gasteiger partial charge is 0.251 e. The van der Waals surface area contributed by atoms with Gasteiger partial charge in [0.25, 0.3) is 5.91 Å². The van der Waals surface area contributed by atoms with E-state index in [1.165, 1.54) is 6.33 Å². The van der Waals surface area contributed by atoms with E-state index in [1.54, 1.807) is 16.8 Å². The molecule has 0 aliphatic carbocycles. The number of benzene rings is 1. The Kier molecular flexibility index (Phi) is 4.25. The Balaban J connectivity index is 1.85. The molecule has 0 fully saturated rings. The zero-order chi connectivity index (χ0) is 13.7. The van der Waals surface area contributed by atoms with E-state index in [0.717, 1.165) is 11.4 Å². The van der Waals surface area contributed by atoms with Crippen LogP contribution in [0.3, 0.4) is 0 Å². The molecular weight excluding hydrogens is 242 g/mol. The predicted molar refractivity (Wildman–Crippen MR) is 71.4 cm³/mol. The Morgan fingerprint density at radius 1 is 1.37 bits per heavy atom. The zero-order valence-electron chi connectivity index (χ0n) is 10.8. The summed E-state index contributed by atoms with van der Waals surface area (Å²) < 4.78 is 1.70. The molecule has 1 heterocycles. The summed E-state index contributed by atoms with van der Waals surface area (Å²) in [5.74, 6) is 0.754. The maximum absolute atomic E-state index is 11.9. The van der Waals surface area contributed by atoms with Crippen LogP contribution in [-0.2, 0) is 20.0 Å². The number of nitrogens with two attached hydrogens (primary N) is 1. The molecule has 0 bridgehead atoms. The van der Waals surface area contributed by atoms with Crippen molar-refractivity contribution in [2.45, 2.75) is 13.0 Å². The zero-order valence-corrected chi connectivity index (χ0v) is 10.8. The molecule has 0 spiro atoms. The van der Waals surface area contributed by atoms with Gasteiger partial charge >= 0.3 is 0 Å². The lowest BCUT2D eigenvalue weighted by Gasteiger charge is -2.05. The summed E-state index contributed by atoms with van der Waals surface area (Å²) in [6.45, 7) is 1.01. The summed E-state index contributed by atoms with van der Waals surface area (Å²) in [5.41, 5.74) is 7.15. The van der Waals surface area contributed by atoms with Crippen molar-refractivity contribution in [3.05, 3.63) is 47.5 Å². The second kappa shape index (κ2) is 6.10. The highest BCUT2D eigenvalue weighted by Gasteiger charge is 2.06. The topological polar surface area (TPSA) is 85.8 Å². The van der Waals surface area contributed by atoms with E-state index in [-0.39, 0.29) is 5.91 Å². The first kappa shape index (κ1) is 13.2. The molecule has 2 rings (SSSR count). The number of rotatable bonds is 5. The van der Waals surface area contributed by atoms with E-state index in [0.29, 0.717) is 25.1 Å². The van der Waals surface area contributed by atoms with Gasteiger partial charge in [0.2, 0.25) is 0 Å². The Morgan fingerprint density at radius 3 is 2.68 bits per heavy atom. The third kappa shape index (κ3) is 3.38. The van der Waals surface area contributed by atoms with Crippen LogP contribution in [0.5, 0.6) is 0 Å². The Labute approximate surface area is 111 Å². The fourth-order valence-corrected chi connectivity index (χ4v) is 1.73. The summed E-state index contributed by atoms with van der Waals surface area (Å²) in [5, 5.41) is 6.82. The van der Waals surface area contributed by atoms with E-state index >= 15 is 0 Å². The lowest BCUT2D eigenvalue weighted by Crippen LogP contribution is -2.26. The highest BCUT2D eigenvalue weighted by molar-refractivity contribution is 5.94. The molecule has 0 saturated carbocycles. The summed E-state index contributed by atoms with van der Waals surface area (Å²) in [4.78, 5) is 16.0. The van der Waals surface area contributed by atoms with Gasteiger partial charge in [-0.3, -0.25) is 9.48 Å². The van der Waals surface area contributed by atoms with Gasteiger partial charge in [-0.15, -0.1) is 0 Å². The second-order valence-corrected chi connectivity index (χ2v) is 4.21. The number of amides is 1. The van der Waals surface area contributed by atoms with Crippen molar-refractivity contribution in [1.82, 2.24) is 20.1 Å². The molecule has 19 heavy (non-hydrogen) atoms. The van der Waals surface area contributed by atoms with Crippen LogP contribution in [0.15, 0.2) is 30.6 Å². The van der Waals surface area contributed by atoms with E-state index in [2.05, 4.69) is 15.4 Å². The van der Waals surface area contributed by atoms with Crippen LogP contribution in [0.4, 0.5) is 0 Å². The van der Waals surface area contributed by atoms with Gasteiger partial charge in [0.1, 0.15) is 12.2 Å². The Bertz CT molecular complexity index is 546. The van der Waals surface area contributed by atoms with Gasteiger partial charge in [0.05, 0.1) is 0 Å². The monoisotopic (exact) mass is 259 g/mol. The molecule has 0 unspecified atom stereocenters. The number of carbonyl (C=O) groups is 1. The SMILES string of the molecule is Cn1ncnc1CCNC(=O)c1ccc(CN)cc1. The van der Waals surface area contributed by atoms with Crippen molar-refractivity contribution >= 4 is 5.91 Å². The van der Waals surface area contributed by atoms with E-state index in [1.807, 2.05) is 19.2 Å². The van der Waals surface area contributed by atoms with Gasteiger partial charge in [-0.25, -0.2) is 4.98 Å². The third-order valence-electron chi connectivity index (χ3n) is 2.89. The number of hydrogen-bond acceptors (Lipinski definition) is 4. The lowest BCUT2D eigenvalue weighted by molar-refractivity contribution is 0.0954. The minimum Gasteiger partial charge on any atom is -0.352 e. The van der Waals surface area contributed by atoms with E-state index in [9.17, 15) is 4.79 Å². The van der Waals surface area contributed by atoms with Crippen LogP contribution in [0, 0.1) is 0 Å². The summed E-state index contributed by atoms with van der Waals surface area (Å²) >= 11 is 0. The standard InChI is InChI=1S/C13H17N5O/c1-18-12(16-9-17-18)6-7-15-13(19)11-4-2-10(8-14)3-5-11/h2-5,9H,6-8,14H2,1H3,(H,15,19). The van der Waals surface area contributed by atoms with E-state index < -0.39 is 0 Å². The largest absolute Gasteiger partial charge is 0.352 e. The van der Waals surface area contributed by atoms with Crippen molar-refractivity contribution < 1.29 is 4.79 Å². The average molecular weight is 259 g/mol. The molecule has 6 heteroatoms. The molecule has 0 atom stereocenters. The van der Waals surface area contributed by atoms with E-state index in [4.69, 9.17) is 5.73 Å². The fraction of sp³-hybridized carbons (Fsp3) is 0.308. The number of hydrogen-bond donors (Lipinski definition) is 2. The minimum atomic E-state index is -0.0919. The molecule has 1 aromatic heterocycles. The molecule has 1 aromatic carbocycles. The molecule has 0 aliphatic rings. The molecule has 1 amide bonds. The van der Waals surface area contributed by atoms with Crippen LogP contribution < -0.4 is 11.1 Å². The van der Waals surface area contributed by atoms with Crippen LogP contribution in [-0.4, -0.2) is 27.2 Å². The first-order valence-corrected chi connectivity index (χ1v) is 6.11. The molecule has 0 aliphatic heterocycles. The van der Waals surface area contributed by atoms with Crippen molar-refractivity contribution in [3.63, 3.8) is 0 Å². The molecule has 0 radical (unpaired) electrons. The second-order valence-electron chi connectivity index (χ2n) is 4.21. The first-order valence-electron chi connectivity index (χ1n) is 6.11. The first-order chi connectivity index (χ1) is 9.20. The van der Waals surface area contributed by atoms with Crippen LogP contribution in [0.2, 0.25) is 0 Å². The third-order valence-corrected chi connectivity index (χ3v) is 2.89. The summed E-state index contributed by atoms with van der Waals surface area (Å²) in [7, 11) is 1.83. The Hall–Kier alpha value is -2.21. The van der Waals surface area contributed by atoms with Gasteiger partial charge in [-0.05, 0) is 17.7 Å². The minimum absolute atomic E-state index is 0.0919. The van der Waals surface area contributed by atoms with Crippen molar-refractivity contribution in [1.29, 1.82) is 0 Å². The Morgan fingerprint density at radius 2 is 2.11 bits per heavy atom. The number of nitrogens with zero attached hydrogens (tertiary/aromatic N) is 3. The maximum Gasteiger partial charge on any atom is 0.251 e. The lowest BCUT2D eigenvalue weighted by atomic mass is 10.1.